The van der Waals surface area contributed by atoms with Gasteiger partial charge in [-0.05, 0) is 13.0 Å². The van der Waals surface area contributed by atoms with Crippen LogP contribution in [0, 0.1) is 0 Å². The zero-order valence-electron chi connectivity index (χ0n) is 4.78. The summed E-state index contributed by atoms with van der Waals surface area (Å²) in [6.45, 7) is 0.393. The van der Waals surface area contributed by atoms with E-state index in [0.717, 1.165) is 10.8 Å². The van der Waals surface area contributed by atoms with Crippen molar-refractivity contribution in [3.63, 3.8) is 0 Å². The number of nitrogens with two attached hydrogens (primary N) is 1. The summed E-state index contributed by atoms with van der Waals surface area (Å²) in [5, 5.41) is 7.92. The maximum absolute atomic E-state index is 10.2. The molecule has 0 saturated carbocycles. The van der Waals surface area contributed by atoms with Crippen LogP contribution in [0.3, 0.4) is 0 Å². The molecule has 0 aromatic heterocycles. The van der Waals surface area contributed by atoms with Crippen molar-refractivity contribution in [2.24, 2.45) is 5.73 Å². The van der Waals surface area contributed by atoms with Gasteiger partial charge in [0.25, 0.3) is 0 Å². The minimum absolute atomic E-state index is 0.393. The molecule has 0 aliphatic carbocycles. The molecule has 3 N–H and O–H groups in total. The molecular weight excluding hydrogens is 158 g/mol. The molecule has 0 aliphatic heterocycles. The number of rotatable bonds is 4. The molecule has 0 saturated heterocycles. The predicted octanol–water partition coefficient (Wildman–Crippen LogP) is 0.366. The van der Waals surface area contributed by atoms with Crippen LogP contribution in [0.1, 0.15) is 6.42 Å². The Labute approximate surface area is 62.8 Å². The molecule has 0 spiro atoms. The first kappa shape index (κ1) is 9.13. The summed E-state index contributed by atoms with van der Waals surface area (Å²) < 4.78 is 0. The topological polar surface area (TPSA) is 63.3 Å². The highest BCUT2D eigenvalue weighted by molar-refractivity contribution is 8.69. The molecule has 0 fully saturated rings. The fourth-order valence-electron chi connectivity index (χ4n) is 0.373. The first-order chi connectivity index (χ1) is 4.22. The Morgan fingerprint density at radius 1 is 1.89 bits per heavy atom. The van der Waals surface area contributed by atoms with Gasteiger partial charge in [-0.2, -0.15) is 0 Å². The van der Waals surface area contributed by atoms with Crippen LogP contribution in [0.15, 0.2) is 0 Å². The molecule has 0 amide bonds. The van der Waals surface area contributed by atoms with E-state index < -0.39 is 11.2 Å². The maximum Gasteiger partial charge on any atom is 0.317 e. The van der Waals surface area contributed by atoms with Crippen LogP contribution < -0.4 is 5.73 Å². The zero-order chi connectivity index (χ0) is 7.28. The first-order valence-electron chi connectivity index (χ1n) is 2.45. The first-order valence-corrected chi connectivity index (χ1v) is 4.38. The van der Waals surface area contributed by atoms with E-state index in [-0.39, 0.29) is 0 Å². The van der Waals surface area contributed by atoms with Gasteiger partial charge in [-0.1, -0.05) is 10.8 Å². The lowest BCUT2D eigenvalue weighted by Crippen LogP contribution is -2.18. The second-order valence-corrected chi connectivity index (χ2v) is 2.92. The summed E-state index contributed by atoms with van der Waals surface area (Å²) in [4.78, 5) is 10.2. The summed E-state index contributed by atoms with van der Waals surface area (Å²) in [6.07, 6.45) is 0.476. The Kier molecular flexibility index (Phi) is 5.03. The van der Waals surface area contributed by atoms with Gasteiger partial charge < -0.3 is 10.8 Å². The van der Waals surface area contributed by atoms with E-state index in [9.17, 15) is 4.79 Å². The number of carbonyl (C=O) groups is 1. The normalized spacial score (nSPS) is 13.1. The lowest BCUT2D eigenvalue weighted by molar-refractivity contribution is -0.136. The van der Waals surface area contributed by atoms with E-state index in [4.69, 9.17) is 10.8 Å². The number of carboxylic acids is 1. The van der Waals surface area contributed by atoms with E-state index in [1.807, 2.05) is 0 Å². The molecule has 0 rings (SSSR count). The summed E-state index contributed by atoms with van der Waals surface area (Å²) in [5.74, 6) is -0.847. The standard InChI is InChI=1S/C4H9NO2S2/c5-2-1-3(9-8)4(6)7/h3,8H,1-2,5H2,(H,6,7). The van der Waals surface area contributed by atoms with Gasteiger partial charge in [0, 0.05) is 0 Å². The van der Waals surface area contributed by atoms with Gasteiger partial charge in [0.05, 0.1) is 0 Å². The molecule has 0 aromatic carbocycles. The molecule has 0 aromatic rings. The van der Waals surface area contributed by atoms with Gasteiger partial charge in [-0.15, -0.1) is 11.7 Å². The summed E-state index contributed by atoms with van der Waals surface area (Å²) in [6, 6.07) is 0. The lowest BCUT2D eigenvalue weighted by atomic mass is 10.3. The second-order valence-electron chi connectivity index (χ2n) is 1.51. The third-order valence-corrected chi connectivity index (χ3v) is 2.29. The van der Waals surface area contributed by atoms with Crippen LogP contribution in [0.4, 0.5) is 0 Å². The van der Waals surface area contributed by atoms with Gasteiger partial charge in [-0.3, -0.25) is 4.79 Å². The van der Waals surface area contributed by atoms with E-state index in [2.05, 4.69) is 11.7 Å². The Hall–Kier alpha value is 0.130. The van der Waals surface area contributed by atoms with Crippen LogP contribution in [0.25, 0.3) is 0 Å². The molecule has 9 heavy (non-hydrogen) atoms. The fraction of sp³-hybridized carbons (Fsp3) is 0.750. The third-order valence-electron chi connectivity index (χ3n) is 0.832. The fourth-order valence-corrected chi connectivity index (χ4v) is 1.29. The molecule has 3 nitrogen and oxygen atoms in total. The van der Waals surface area contributed by atoms with Crippen LogP contribution >= 0.6 is 22.5 Å². The average molecular weight is 167 g/mol. The van der Waals surface area contributed by atoms with Gasteiger partial charge in [0.1, 0.15) is 5.25 Å². The van der Waals surface area contributed by atoms with Crippen LogP contribution in [0.2, 0.25) is 0 Å². The molecule has 0 radical (unpaired) electrons. The van der Waals surface area contributed by atoms with Crippen molar-refractivity contribution in [3.8, 4) is 0 Å². The quantitative estimate of drug-likeness (QED) is 0.418. The molecule has 5 heteroatoms. The monoisotopic (exact) mass is 167 g/mol. The molecule has 0 aliphatic rings. The molecule has 0 heterocycles. The maximum atomic E-state index is 10.2. The highest BCUT2D eigenvalue weighted by Gasteiger charge is 2.14. The number of hydrogen-bond donors (Lipinski definition) is 3. The van der Waals surface area contributed by atoms with Gasteiger partial charge >= 0.3 is 5.97 Å². The van der Waals surface area contributed by atoms with Crippen molar-refractivity contribution in [1.82, 2.24) is 0 Å². The Morgan fingerprint density at radius 3 is 2.56 bits per heavy atom. The van der Waals surface area contributed by atoms with Crippen molar-refractivity contribution >= 4 is 28.4 Å². The van der Waals surface area contributed by atoms with E-state index in [1.165, 1.54) is 0 Å². The summed E-state index contributed by atoms with van der Waals surface area (Å²) >= 11 is 3.77. The highest BCUT2D eigenvalue weighted by atomic mass is 33.1. The van der Waals surface area contributed by atoms with Crippen molar-refractivity contribution in [2.75, 3.05) is 6.54 Å². The molecule has 1 atom stereocenters. The predicted molar refractivity (Wildman–Crippen MR) is 41.7 cm³/mol. The number of thiol groups is 1. The van der Waals surface area contributed by atoms with Gasteiger partial charge in [0.2, 0.25) is 0 Å². The number of hydrogen-bond acceptors (Lipinski definition) is 4. The van der Waals surface area contributed by atoms with Gasteiger partial charge in [-0.25, -0.2) is 0 Å². The SMILES string of the molecule is NCCC(SS)C(=O)O. The minimum Gasteiger partial charge on any atom is -0.480 e. The Balaban J connectivity index is 3.54. The molecule has 0 bridgehead atoms. The van der Waals surface area contributed by atoms with E-state index >= 15 is 0 Å². The van der Waals surface area contributed by atoms with Crippen LogP contribution in [-0.4, -0.2) is 22.9 Å². The Bertz CT molecular complexity index is 98.6. The molecule has 1 unspecified atom stereocenters. The van der Waals surface area contributed by atoms with E-state index in [1.54, 1.807) is 0 Å². The smallest absolute Gasteiger partial charge is 0.317 e. The van der Waals surface area contributed by atoms with E-state index in [0.29, 0.717) is 13.0 Å². The van der Waals surface area contributed by atoms with Crippen molar-refractivity contribution in [2.45, 2.75) is 11.7 Å². The lowest BCUT2D eigenvalue weighted by Gasteiger charge is -2.04. The summed E-state index contributed by atoms with van der Waals surface area (Å²) in [7, 11) is 1.02. The summed E-state index contributed by atoms with van der Waals surface area (Å²) in [5.41, 5.74) is 5.13. The van der Waals surface area contributed by atoms with Crippen LogP contribution in [0.5, 0.6) is 0 Å². The average Bonchev–Trinajstić information content (AvgIpc) is 1.82. The Morgan fingerprint density at radius 2 is 2.44 bits per heavy atom. The molecule has 54 valence electrons. The zero-order valence-corrected chi connectivity index (χ0v) is 6.49. The van der Waals surface area contributed by atoms with Crippen LogP contribution in [-0.2, 0) is 4.79 Å². The number of carboxylic acid groups (broad SMARTS) is 1. The highest BCUT2D eigenvalue weighted by Crippen LogP contribution is 2.17. The second kappa shape index (κ2) is 4.96. The van der Waals surface area contributed by atoms with Crippen molar-refractivity contribution in [3.05, 3.63) is 0 Å². The minimum atomic E-state index is -0.847. The largest absolute Gasteiger partial charge is 0.480 e. The van der Waals surface area contributed by atoms with Gasteiger partial charge in [0.15, 0.2) is 0 Å². The third kappa shape index (κ3) is 3.66. The number of aliphatic carboxylic acids is 1. The van der Waals surface area contributed by atoms with Crippen molar-refractivity contribution < 1.29 is 9.90 Å². The molecular formula is C4H9NO2S2. The van der Waals surface area contributed by atoms with Crippen molar-refractivity contribution in [1.29, 1.82) is 0 Å².